The second-order valence-corrected chi connectivity index (χ2v) is 3.20. The SMILES string of the molecule is [CH2]c1cccc(C[C](C)C)c1. The van der Waals surface area contributed by atoms with Gasteiger partial charge in [-0.3, -0.25) is 0 Å². The Kier molecular flexibility index (Phi) is 2.70. The van der Waals surface area contributed by atoms with Crippen LogP contribution in [0.15, 0.2) is 24.3 Å². The minimum atomic E-state index is 1.07. The molecule has 2 radical (unpaired) electrons. The quantitative estimate of drug-likeness (QED) is 0.601. The molecule has 0 nitrogen and oxygen atoms in total. The van der Waals surface area contributed by atoms with Crippen LogP contribution in [-0.2, 0) is 6.42 Å². The van der Waals surface area contributed by atoms with Crippen molar-refractivity contribution in [2.45, 2.75) is 20.3 Å². The van der Waals surface area contributed by atoms with Crippen molar-refractivity contribution >= 4 is 0 Å². The van der Waals surface area contributed by atoms with Crippen molar-refractivity contribution in [3.8, 4) is 0 Å². The normalized spacial score (nSPS) is 10.5. The van der Waals surface area contributed by atoms with Crippen molar-refractivity contribution in [1.29, 1.82) is 0 Å². The fourth-order valence-electron chi connectivity index (χ4n) is 1.15. The van der Waals surface area contributed by atoms with Gasteiger partial charge in [-0.05, 0) is 30.4 Å². The molecule has 0 aliphatic heterocycles. The van der Waals surface area contributed by atoms with E-state index >= 15 is 0 Å². The van der Waals surface area contributed by atoms with Gasteiger partial charge in [0.15, 0.2) is 0 Å². The maximum Gasteiger partial charge on any atom is -0.0222 e. The predicted molar refractivity (Wildman–Crippen MR) is 49.2 cm³/mol. The molecule has 0 heterocycles. The Morgan fingerprint density at radius 2 is 2.09 bits per heavy atom. The van der Waals surface area contributed by atoms with Crippen molar-refractivity contribution in [3.05, 3.63) is 48.2 Å². The second kappa shape index (κ2) is 3.56. The molecule has 0 fully saturated rings. The molecule has 0 aliphatic rings. The van der Waals surface area contributed by atoms with Crippen LogP contribution >= 0.6 is 0 Å². The summed E-state index contributed by atoms with van der Waals surface area (Å²) in [4.78, 5) is 0. The van der Waals surface area contributed by atoms with E-state index in [4.69, 9.17) is 0 Å². The molecule has 0 unspecified atom stereocenters. The van der Waals surface area contributed by atoms with Crippen LogP contribution < -0.4 is 0 Å². The van der Waals surface area contributed by atoms with E-state index in [2.05, 4.69) is 39.0 Å². The molecular weight excluding hydrogens is 132 g/mol. The minimum Gasteiger partial charge on any atom is -0.0617 e. The lowest BCUT2D eigenvalue weighted by Crippen LogP contribution is -1.91. The van der Waals surface area contributed by atoms with Gasteiger partial charge in [0, 0.05) is 0 Å². The van der Waals surface area contributed by atoms with E-state index in [0.29, 0.717) is 0 Å². The smallest absolute Gasteiger partial charge is 0.0222 e. The molecule has 0 N–H and O–H groups in total. The van der Waals surface area contributed by atoms with Crippen molar-refractivity contribution in [3.63, 3.8) is 0 Å². The van der Waals surface area contributed by atoms with Crippen molar-refractivity contribution in [2.24, 2.45) is 0 Å². The van der Waals surface area contributed by atoms with Gasteiger partial charge in [0.05, 0.1) is 0 Å². The molecule has 1 aromatic rings. The third kappa shape index (κ3) is 2.75. The highest BCUT2D eigenvalue weighted by Crippen LogP contribution is 2.10. The van der Waals surface area contributed by atoms with Crippen LogP contribution in [0, 0.1) is 12.8 Å². The average molecular weight is 146 g/mol. The summed E-state index contributed by atoms with van der Waals surface area (Å²) in [6, 6.07) is 8.35. The monoisotopic (exact) mass is 146 g/mol. The van der Waals surface area contributed by atoms with Gasteiger partial charge in [0.1, 0.15) is 0 Å². The highest BCUT2D eigenvalue weighted by atomic mass is 14.0. The standard InChI is InChI=1S/C11H14/c1-9(2)7-11-6-4-5-10(3)8-11/h4-6,8H,3,7H2,1-2H3. The highest BCUT2D eigenvalue weighted by Gasteiger charge is 1.96. The summed E-state index contributed by atoms with van der Waals surface area (Å²) in [5, 5.41) is 0. The first-order chi connectivity index (χ1) is 5.18. The van der Waals surface area contributed by atoms with E-state index in [1.807, 2.05) is 6.07 Å². The summed E-state index contributed by atoms with van der Waals surface area (Å²) < 4.78 is 0. The maximum absolute atomic E-state index is 3.88. The Balaban J connectivity index is 2.71. The summed E-state index contributed by atoms with van der Waals surface area (Å²) >= 11 is 0. The molecule has 0 heteroatoms. The number of benzene rings is 1. The zero-order valence-corrected chi connectivity index (χ0v) is 7.22. The molecule has 0 amide bonds. The average Bonchev–Trinajstić information content (AvgIpc) is 1.85. The summed E-state index contributed by atoms with van der Waals surface area (Å²) in [6.07, 6.45) is 1.07. The Morgan fingerprint density at radius 1 is 1.36 bits per heavy atom. The van der Waals surface area contributed by atoms with Gasteiger partial charge in [-0.2, -0.15) is 0 Å². The number of hydrogen-bond donors (Lipinski definition) is 0. The van der Waals surface area contributed by atoms with Gasteiger partial charge in [-0.15, -0.1) is 0 Å². The number of rotatable bonds is 2. The van der Waals surface area contributed by atoms with E-state index < -0.39 is 0 Å². The van der Waals surface area contributed by atoms with E-state index in [-0.39, 0.29) is 0 Å². The molecular formula is C11H14. The fourth-order valence-corrected chi connectivity index (χ4v) is 1.15. The first-order valence-electron chi connectivity index (χ1n) is 3.88. The predicted octanol–water partition coefficient (Wildman–Crippen LogP) is 3.03. The van der Waals surface area contributed by atoms with Crippen LogP contribution in [0.1, 0.15) is 25.0 Å². The highest BCUT2D eigenvalue weighted by molar-refractivity contribution is 5.26. The van der Waals surface area contributed by atoms with Crippen LogP contribution in [0.5, 0.6) is 0 Å². The summed E-state index contributed by atoms with van der Waals surface area (Å²) in [6.45, 7) is 8.18. The maximum atomic E-state index is 3.88. The summed E-state index contributed by atoms with van der Waals surface area (Å²) in [5.41, 5.74) is 2.46. The molecule has 0 aliphatic carbocycles. The van der Waals surface area contributed by atoms with Crippen molar-refractivity contribution in [1.82, 2.24) is 0 Å². The van der Waals surface area contributed by atoms with Crippen LogP contribution in [0.4, 0.5) is 0 Å². The molecule has 0 aromatic heterocycles. The van der Waals surface area contributed by atoms with E-state index in [1.54, 1.807) is 0 Å². The third-order valence-electron chi connectivity index (χ3n) is 1.55. The Hall–Kier alpha value is -0.780. The molecule has 0 spiro atoms. The fraction of sp³-hybridized carbons (Fsp3) is 0.273. The van der Waals surface area contributed by atoms with Crippen LogP contribution in [-0.4, -0.2) is 0 Å². The summed E-state index contributed by atoms with van der Waals surface area (Å²) in [7, 11) is 0. The van der Waals surface area contributed by atoms with Gasteiger partial charge in [-0.1, -0.05) is 38.1 Å². The Labute approximate surface area is 69.3 Å². The van der Waals surface area contributed by atoms with E-state index in [0.717, 1.165) is 12.0 Å². The van der Waals surface area contributed by atoms with Gasteiger partial charge in [0.2, 0.25) is 0 Å². The van der Waals surface area contributed by atoms with Gasteiger partial charge >= 0.3 is 0 Å². The van der Waals surface area contributed by atoms with Gasteiger partial charge in [0.25, 0.3) is 0 Å². The van der Waals surface area contributed by atoms with E-state index in [9.17, 15) is 0 Å². The molecule has 1 rings (SSSR count). The molecule has 11 heavy (non-hydrogen) atoms. The molecule has 0 atom stereocenters. The lowest BCUT2D eigenvalue weighted by atomic mass is 10.0. The largest absolute Gasteiger partial charge is 0.0617 e. The zero-order valence-electron chi connectivity index (χ0n) is 7.22. The van der Waals surface area contributed by atoms with Crippen LogP contribution in [0.25, 0.3) is 0 Å². The molecule has 0 saturated heterocycles. The van der Waals surface area contributed by atoms with Crippen molar-refractivity contribution in [2.75, 3.05) is 0 Å². The Bertz CT molecular complexity index is 223. The Morgan fingerprint density at radius 3 is 2.64 bits per heavy atom. The topological polar surface area (TPSA) is 0 Å². The van der Waals surface area contributed by atoms with Gasteiger partial charge in [-0.25, -0.2) is 0 Å². The lowest BCUT2D eigenvalue weighted by molar-refractivity contribution is 0.956. The third-order valence-corrected chi connectivity index (χ3v) is 1.55. The van der Waals surface area contributed by atoms with Gasteiger partial charge < -0.3 is 0 Å². The second-order valence-electron chi connectivity index (χ2n) is 3.20. The van der Waals surface area contributed by atoms with Crippen molar-refractivity contribution < 1.29 is 0 Å². The zero-order chi connectivity index (χ0) is 8.27. The first kappa shape index (κ1) is 8.32. The van der Waals surface area contributed by atoms with E-state index in [1.165, 1.54) is 11.5 Å². The molecule has 0 bridgehead atoms. The number of hydrogen-bond acceptors (Lipinski definition) is 0. The molecule has 0 saturated carbocycles. The lowest BCUT2D eigenvalue weighted by Gasteiger charge is -2.04. The minimum absolute atomic E-state index is 1.07. The molecule has 1 aromatic carbocycles. The molecule has 58 valence electrons. The summed E-state index contributed by atoms with van der Waals surface area (Å²) in [5.74, 6) is 1.44. The van der Waals surface area contributed by atoms with Crippen LogP contribution in [0.3, 0.4) is 0 Å². The first-order valence-corrected chi connectivity index (χ1v) is 3.88. The van der Waals surface area contributed by atoms with Crippen LogP contribution in [0.2, 0.25) is 0 Å².